The molecule has 0 aliphatic carbocycles. The molecule has 0 atom stereocenters. The Morgan fingerprint density at radius 1 is 1.26 bits per heavy atom. The smallest absolute Gasteiger partial charge is 0.129 e. The first-order chi connectivity index (χ1) is 9.24. The number of fused-ring (bicyclic) bond motifs is 1. The molecule has 1 heterocycles. The van der Waals surface area contributed by atoms with Gasteiger partial charge in [-0.15, -0.1) is 0 Å². The van der Waals surface area contributed by atoms with Gasteiger partial charge in [0.2, 0.25) is 0 Å². The highest BCUT2D eigenvalue weighted by atomic mass is 79.9. The summed E-state index contributed by atoms with van der Waals surface area (Å²) in [5.74, 6) is -0.221. The molecule has 96 valence electrons. The molecule has 2 aromatic carbocycles. The van der Waals surface area contributed by atoms with Crippen molar-refractivity contribution in [1.29, 1.82) is 0 Å². The van der Waals surface area contributed by atoms with Crippen LogP contribution in [0.2, 0.25) is 0 Å². The van der Waals surface area contributed by atoms with Gasteiger partial charge in [-0.25, -0.2) is 4.39 Å². The number of nitrogens with one attached hydrogen (secondary N) is 2. The van der Waals surface area contributed by atoms with Crippen molar-refractivity contribution in [3.8, 4) is 0 Å². The number of hydrogen-bond acceptors (Lipinski definition) is 2. The number of aromatic nitrogens is 2. The third-order valence-corrected chi connectivity index (χ3v) is 3.46. The van der Waals surface area contributed by atoms with E-state index in [1.165, 1.54) is 6.07 Å². The van der Waals surface area contributed by atoms with E-state index in [2.05, 4.69) is 31.4 Å². The highest BCUT2D eigenvalue weighted by Crippen LogP contribution is 2.22. The number of nitrogens with zero attached hydrogens (tertiary/aromatic N) is 1. The summed E-state index contributed by atoms with van der Waals surface area (Å²) in [5.41, 5.74) is 2.53. The minimum absolute atomic E-state index is 0.221. The standard InChI is InChI=1S/C14H11BrFN3/c15-10-5-4-9(12(16)6-10)7-17-13-2-1-3-14-11(13)8-18-19-14/h1-6,8,17H,7H2,(H,18,19). The third kappa shape index (κ3) is 2.46. The minimum atomic E-state index is -0.221. The van der Waals surface area contributed by atoms with Crippen LogP contribution in [0, 0.1) is 5.82 Å². The van der Waals surface area contributed by atoms with E-state index in [1.807, 2.05) is 24.3 Å². The average Bonchev–Trinajstić information content (AvgIpc) is 2.86. The Kier molecular flexibility index (Phi) is 3.21. The van der Waals surface area contributed by atoms with Crippen molar-refractivity contribution in [3.63, 3.8) is 0 Å². The number of anilines is 1. The van der Waals surface area contributed by atoms with E-state index in [-0.39, 0.29) is 5.82 Å². The maximum Gasteiger partial charge on any atom is 0.129 e. The quantitative estimate of drug-likeness (QED) is 0.763. The van der Waals surface area contributed by atoms with E-state index >= 15 is 0 Å². The molecule has 19 heavy (non-hydrogen) atoms. The molecule has 0 saturated carbocycles. The second kappa shape index (κ2) is 5.01. The van der Waals surface area contributed by atoms with Crippen LogP contribution in [-0.2, 0) is 6.54 Å². The molecule has 0 aliphatic heterocycles. The van der Waals surface area contributed by atoms with Gasteiger partial charge in [-0.05, 0) is 24.3 Å². The van der Waals surface area contributed by atoms with Gasteiger partial charge in [0.1, 0.15) is 5.82 Å². The molecule has 2 N–H and O–H groups in total. The Labute approximate surface area is 118 Å². The summed E-state index contributed by atoms with van der Waals surface area (Å²) in [7, 11) is 0. The van der Waals surface area contributed by atoms with Gasteiger partial charge in [-0.2, -0.15) is 5.10 Å². The number of hydrogen-bond donors (Lipinski definition) is 2. The molecule has 0 radical (unpaired) electrons. The third-order valence-electron chi connectivity index (χ3n) is 2.97. The van der Waals surface area contributed by atoms with Crippen molar-refractivity contribution in [3.05, 3.63) is 58.4 Å². The maximum absolute atomic E-state index is 13.7. The molecule has 3 nitrogen and oxygen atoms in total. The minimum Gasteiger partial charge on any atom is -0.380 e. The lowest BCUT2D eigenvalue weighted by Crippen LogP contribution is -2.01. The average molecular weight is 320 g/mol. The van der Waals surface area contributed by atoms with Gasteiger partial charge >= 0.3 is 0 Å². The fourth-order valence-corrected chi connectivity index (χ4v) is 2.31. The zero-order chi connectivity index (χ0) is 13.2. The number of halogens is 2. The van der Waals surface area contributed by atoms with E-state index in [0.29, 0.717) is 12.1 Å². The van der Waals surface area contributed by atoms with Crippen LogP contribution in [0.15, 0.2) is 47.1 Å². The van der Waals surface area contributed by atoms with E-state index in [0.717, 1.165) is 21.1 Å². The van der Waals surface area contributed by atoms with Crippen LogP contribution in [0.1, 0.15) is 5.56 Å². The zero-order valence-corrected chi connectivity index (χ0v) is 11.5. The van der Waals surface area contributed by atoms with Crippen molar-refractivity contribution >= 4 is 32.5 Å². The Bertz CT molecular complexity index is 724. The van der Waals surface area contributed by atoms with Crippen molar-refractivity contribution in [1.82, 2.24) is 10.2 Å². The molecule has 0 bridgehead atoms. The Morgan fingerprint density at radius 2 is 2.16 bits per heavy atom. The van der Waals surface area contributed by atoms with Gasteiger partial charge < -0.3 is 5.32 Å². The molecule has 5 heteroatoms. The van der Waals surface area contributed by atoms with Crippen LogP contribution in [-0.4, -0.2) is 10.2 Å². The number of rotatable bonds is 3. The fourth-order valence-electron chi connectivity index (χ4n) is 1.98. The first-order valence-corrected chi connectivity index (χ1v) is 6.63. The molecule has 3 aromatic rings. The largest absolute Gasteiger partial charge is 0.380 e. The van der Waals surface area contributed by atoms with Crippen LogP contribution in [0.3, 0.4) is 0 Å². The van der Waals surface area contributed by atoms with E-state index < -0.39 is 0 Å². The summed E-state index contributed by atoms with van der Waals surface area (Å²) in [5, 5.41) is 11.1. The lowest BCUT2D eigenvalue weighted by atomic mass is 10.2. The zero-order valence-electron chi connectivity index (χ0n) is 9.95. The molecular weight excluding hydrogens is 309 g/mol. The topological polar surface area (TPSA) is 40.7 Å². The van der Waals surface area contributed by atoms with Crippen molar-refractivity contribution in [2.45, 2.75) is 6.54 Å². The lowest BCUT2D eigenvalue weighted by Gasteiger charge is -2.08. The van der Waals surface area contributed by atoms with Gasteiger partial charge in [0, 0.05) is 27.7 Å². The van der Waals surface area contributed by atoms with Gasteiger partial charge in [0.25, 0.3) is 0 Å². The van der Waals surface area contributed by atoms with E-state index in [1.54, 1.807) is 12.3 Å². The fraction of sp³-hybridized carbons (Fsp3) is 0.0714. The summed E-state index contributed by atoms with van der Waals surface area (Å²) in [6, 6.07) is 10.9. The SMILES string of the molecule is Fc1cc(Br)ccc1CNc1cccc2[nH]ncc12. The second-order valence-electron chi connectivity index (χ2n) is 4.23. The van der Waals surface area contributed by atoms with Crippen LogP contribution in [0.25, 0.3) is 10.9 Å². The summed E-state index contributed by atoms with van der Waals surface area (Å²) in [6.07, 6.45) is 1.76. The van der Waals surface area contributed by atoms with E-state index in [9.17, 15) is 4.39 Å². The summed E-state index contributed by atoms with van der Waals surface area (Å²) >= 11 is 3.25. The first-order valence-electron chi connectivity index (χ1n) is 5.84. The van der Waals surface area contributed by atoms with Crippen molar-refractivity contribution in [2.24, 2.45) is 0 Å². The van der Waals surface area contributed by atoms with Gasteiger partial charge in [0.05, 0.1) is 11.7 Å². The number of benzene rings is 2. The van der Waals surface area contributed by atoms with Crippen molar-refractivity contribution < 1.29 is 4.39 Å². The molecule has 0 saturated heterocycles. The molecule has 0 amide bonds. The van der Waals surface area contributed by atoms with Crippen LogP contribution < -0.4 is 5.32 Å². The molecule has 0 spiro atoms. The van der Waals surface area contributed by atoms with Gasteiger partial charge in [-0.3, -0.25) is 5.10 Å². The van der Waals surface area contributed by atoms with Gasteiger partial charge in [0.15, 0.2) is 0 Å². The number of H-pyrrole nitrogens is 1. The monoisotopic (exact) mass is 319 g/mol. The number of aromatic amines is 1. The molecular formula is C14H11BrFN3. The predicted octanol–water partition coefficient (Wildman–Crippen LogP) is 4.08. The predicted molar refractivity (Wildman–Crippen MR) is 77.5 cm³/mol. The Morgan fingerprint density at radius 3 is 3.00 bits per heavy atom. The molecule has 3 rings (SSSR count). The Hall–Kier alpha value is -1.88. The Balaban J connectivity index is 1.84. The maximum atomic E-state index is 13.7. The van der Waals surface area contributed by atoms with Gasteiger partial charge in [-0.1, -0.05) is 28.1 Å². The summed E-state index contributed by atoms with van der Waals surface area (Å²) in [4.78, 5) is 0. The summed E-state index contributed by atoms with van der Waals surface area (Å²) in [6.45, 7) is 0.434. The molecule has 0 unspecified atom stereocenters. The van der Waals surface area contributed by atoms with Crippen LogP contribution in [0.4, 0.5) is 10.1 Å². The summed E-state index contributed by atoms with van der Waals surface area (Å²) < 4.78 is 14.5. The normalized spacial score (nSPS) is 10.8. The van der Waals surface area contributed by atoms with Crippen molar-refractivity contribution in [2.75, 3.05) is 5.32 Å². The first kappa shape index (κ1) is 12.2. The highest BCUT2D eigenvalue weighted by molar-refractivity contribution is 9.10. The molecule has 1 aromatic heterocycles. The second-order valence-corrected chi connectivity index (χ2v) is 5.14. The lowest BCUT2D eigenvalue weighted by molar-refractivity contribution is 0.612. The van der Waals surface area contributed by atoms with Crippen LogP contribution >= 0.6 is 15.9 Å². The molecule has 0 aliphatic rings. The van der Waals surface area contributed by atoms with Crippen LogP contribution in [0.5, 0.6) is 0 Å². The highest BCUT2D eigenvalue weighted by Gasteiger charge is 2.05. The van der Waals surface area contributed by atoms with E-state index in [4.69, 9.17) is 0 Å². The molecule has 0 fully saturated rings.